The van der Waals surface area contributed by atoms with Crippen molar-refractivity contribution in [1.29, 1.82) is 0 Å². The van der Waals surface area contributed by atoms with Gasteiger partial charge in [0.15, 0.2) is 5.75 Å². The molecule has 7 nitrogen and oxygen atoms in total. The molecule has 31 heavy (non-hydrogen) atoms. The van der Waals surface area contributed by atoms with E-state index in [1.165, 1.54) is 6.33 Å². The molecule has 3 rings (SSSR count). The van der Waals surface area contributed by atoms with Gasteiger partial charge in [-0.3, -0.25) is 5.32 Å². The van der Waals surface area contributed by atoms with E-state index in [0.717, 1.165) is 23.9 Å². The summed E-state index contributed by atoms with van der Waals surface area (Å²) in [5.74, 6) is 0.597. The highest BCUT2D eigenvalue weighted by atomic mass is 35.5. The number of fused-ring (bicyclic) bond motifs is 1. The molecule has 1 N–H and O–H groups in total. The van der Waals surface area contributed by atoms with Crippen LogP contribution in [0.3, 0.4) is 0 Å². The van der Waals surface area contributed by atoms with Crippen LogP contribution >= 0.6 is 23.2 Å². The van der Waals surface area contributed by atoms with Crippen LogP contribution in [-0.4, -0.2) is 26.2 Å². The van der Waals surface area contributed by atoms with Gasteiger partial charge >= 0.3 is 6.09 Å². The zero-order chi connectivity index (χ0) is 22.8. The van der Waals surface area contributed by atoms with Crippen LogP contribution in [0.2, 0.25) is 10.0 Å². The lowest BCUT2D eigenvalue weighted by molar-refractivity contribution is 0.0636. The molecule has 0 unspecified atom stereocenters. The van der Waals surface area contributed by atoms with E-state index in [2.05, 4.69) is 33.7 Å². The molecule has 0 aliphatic rings. The summed E-state index contributed by atoms with van der Waals surface area (Å²) in [6, 6.07) is 5.34. The van der Waals surface area contributed by atoms with Crippen LogP contribution in [0.15, 0.2) is 30.7 Å². The van der Waals surface area contributed by atoms with E-state index < -0.39 is 11.7 Å². The van der Waals surface area contributed by atoms with E-state index in [-0.39, 0.29) is 15.8 Å². The number of halogens is 2. The molecule has 9 heteroatoms. The van der Waals surface area contributed by atoms with Crippen LogP contribution in [0.1, 0.15) is 53.5 Å². The average Bonchev–Trinajstić information content (AvgIpc) is 3.09. The molecular formula is C22H26Cl2N4O3. The summed E-state index contributed by atoms with van der Waals surface area (Å²) in [6.07, 6.45) is 4.82. The molecule has 0 saturated heterocycles. The Hall–Kier alpha value is -2.51. The quantitative estimate of drug-likeness (QED) is 0.415. The molecule has 0 spiro atoms. The van der Waals surface area contributed by atoms with Crippen LogP contribution in [0.5, 0.6) is 11.6 Å². The molecule has 0 aliphatic carbocycles. The number of hydrogen-bond donors (Lipinski definition) is 1. The maximum Gasteiger partial charge on any atom is 0.412 e. The molecule has 0 saturated carbocycles. The second-order valence-electron chi connectivity index (χ2n) is 8.11. The second kappa shape index (κ2) is 9.32. The summed E-state index contributed by atoms with van der Waals surface area (Å²) in [5.41, 5.74) is 0.558. The predicted octanol–water partition coefficient (Wildman–Crippen LogP) is 7.24. The first-order valence-electron chi connectivity index (χ1n) is 10.1. The summed E-state index contributed by atoms with van der Waals surface area (Å²) < 4.78 is 13.4. The first kappa shape index (κ1) is 23.2. The van der Waals surface area contributed by atoms with Crippen molar-refractivity contribution in [3.63, 3.8) is 0 Å². The number of benzene rings is 1. The van der Waals surface area contributed by atoms with Gasteiger partial charge in [-0.15, -0.1) is 0 Å². The number of rotatable bonds is 6. The Morgan fingerprint density at radius 2 is 1.81 bits per heavy atom. The number of aromatic nitrogens is 3. The highest BCUT2D eigenvalue weighted by Gasteiger charge is 2.20. The van der Waals surface area contributed by atoms with E-state index in [9.17, 15) is 4.79 Å². The molecule has 1 aromatic carbocycles. The number of ether oxygens (including phenoxy) is 2. The summed E-state index contributed by atoms with van der Waals surface area (Å²) in [5, 5.41) is 3.83. The van der Waals surface area contributed by atoms with Crippen molar-refractivity contribution < 1.29 is 14.3 Å². The largest absolute Gasteiger partial charge is 0.444 e. The number of nitrogens with one attached hydrogen (secondary N) is 1. The summed E-state index contributed by atoms with van der Waals surface area (Å²) in [4.78, 5) is 20.7. The smallest absolute Gasteiger partial charge is 0.412 e. The fraction of sp³-hybridized carbons (Fsp3) is 0.409. The van der Waals surface area contributed by atoms with Gasteiger partial charge in [-0.1, -0.05) is 37.0 Å². The van der Waals surface area contributed by atoms with Gasteiger partial charge in [0, 0.05) is 17.9 Å². The van der Waals surface area contributed by atoms with Gasteiger partial charge in [0.2, 0.25) is 5.88 Å². The summed E-state index contributed by atoms with van der Waals surface area (Å²) in [6.45, 7) is 9.63. The number of anilines is 1. The van der Waals surface area contributed by atoms with Crippen molar-refractivity contribution in [2.75, 3.05) is 5.32 Å². The van der Waals surface area contributed by atoms with Gasteiger partial charge in [0.25, 0.3) is 0 Å². The minimum atomic E-state index is -0.621. The summed E-state index contributed by atoms with van der Waals surface area (Å²) >= 11 is 12.8. The van der Waals surface area contributed by atoms with Crippen LogP contribution in [0.25, 0.3) is 11.0 Å². The third-order valence-electron chi connectivity index (χ3n) is 4.65. The Kier molecular flexibility index (Phi) is 6.96. The molecule has 0 fully saturated rings. The fourth-order valence-electron chi connectivity index (χ4n) is 3.25. The van der Waals surface area contributed by atoms with Gasteiger partial charge in [-0.25, -0.2) is 14.8 Å². The molecule has 166 valence electrons. The Bertz CT molecular complexity index is 1070. The Morgan fingerprint density at radius 1 is 1.16 bits per heavy atom. The lowest BCUT2D eigenvalue weighted by Gasteiger charge is -2.20. The monoisotopic (exact) mass is 464 g/mol. The van der Waals surface area contributed by atoms with Crippen molar-refractivity contribution >= 4 is 46.0 Å². The molecule has 1 amide bonds. The van der Waals surface area contributed by atoms with Crippen molar-refractivity contribution in [3.05, 3.63) is 40.8 Å². The van der Waals surface area contributed by atoms with Crippen LogP contribution in [-0.2, 0) is 4.74 Å². The van der Waals surface area contributed by atoms with E-state index in [0.29, 0.717) is 17.6 Å². The van der Waals surface area contributed by atoms with Crippen LogP contribution in [0.4, 0.5) is 10.5 Å². The Labute approximate surface area is 191 Å². The van der Waals surface area contributed by atoms with E-state index >= 15 is 0 Å². The zero-order valence-corrected chi connectivity index (χ0v) is 19.7. The first-order chi connectivity index (χ1) is 14.6. The molecule has 0 bridgehead atoms. The second-order valence-corrected chi connectivity index (χ2v) is 8.92. The third kappa shape index (κ3) is 5.40. The molecule has 0 aliphatic heterocycles. The third-order valence-corrected chi connectivity index (χ3v) is 5.21. The minimum Gasteiger partial charge on any atom is -0.444 e. The minimum absolute atomic E-state index is 0.227. The normalized spacial score (nSPS) is 11.7. The molecule has 2 aromatic heterocycles. The van der Waals surface area contributed by atoms with Crippen molar-refractivity contribution in [2.24, 2.45) is 0 Å². The standard InChI is InChI=1S/C22H26Cl2N4O3/c1-6-14(7-2)28-9-8-15-19(28)25-12-26-20(15)30-18-16(23)10-13(11-17(18)24)27-21(29)31-22(3,4)5/h8-12,14H,6-7H2,1-5H3,(H,27,29). The van der Waals surface area contributed by atoms with Gasteiger partial charge in [0.05, 0.1) is 15.4 Å². The summed E-state index contributed by atoms with van der Waals surface area (Å²) in [7, 11) is 0. The highest BCUT2D eigenvalue weighted by molar-refractivity contribution is 6.37. The average molecular weight is 465 g/mol. The zero-order valence-electron chi connectivity index (χ0n) is 18.2. The van der Waals surface area contributed by atoms with Gasteiger partial charge in [-0.05, 0) is 51.8 Å². The van der Waals surface area contributed by atoms with Crippen molar-refractivity contribution in [1.82, 2.24) is 14.5 Å². The lowest BCUT2D eigenvalue weighted by atomic mass is 10.2. The van der Waals surface area contributed by atoms with Crippen LogP contribution < -0.4 is 10.1 Å². The number of carbonyl (C=O) groups is 1. The lowest BCUT2D eigenvalue weighted by Crippen LogP contribution is -2.27. The maximum atomic E-state index is 12.0. The molecular weight excluding hydrogens is 439 g/mol. The number of nitrogens with zero attached hydrogens (tertiary/aromatic N) is 3. The van der Waals surface area contributed by atoms with Gasteiger partial charge in [-0.2, -0.15) is 0 Å². The van der Waals surface area contributed by atoms with E-state index in [4.69, 9.17) is 32.7 Å². The molecule has 0 radical (unpaired) electrons. The van der Waals surface area contributed by atoms with Crippen molar-refractivity contribution in [2.45, 2.75) is 59.1 Å². The van der Waals surface area contributed by atoms with E-state index in [1.807, 2.05) is 12.3 Å². The SMILES string of the molecule is CCC(CC)n1ccc2c(Oc3c(Cl)cc(NC(=O)OC(C)(C)C)cc3Cl)ncnc21. The fourth-order valence-corrected chi connectivity index (χ4v) is 3.82. The van der Waals surface area contributed by atoms with Gasteiger partial charge in [0.1, 0.15) is 17.6 Å². The predicted molar refractivity (Wildman–Crippen MR) is 124 cm³/mol. The van der Waals surface area contributed by atoms with Crippen LogP contribution in [0, 0.1) is 0 Å². The molecule has 2 heterocycles. The number of hydrogen-bond acceptors (Lipinski definition) is 5. The topological polar surface area (TPSA) is 78.3 Å². The molecule has 3 aromatic rings. The van der Waals surface area contributed by atoms with Crippen molar-refractivity contribution in [3.8, 4) is 11.6 Å². The molecule has 0 atom stereocenters. The Balaban J connectivity index is 1.88. The maximum absolute atomic E-state index is 12.0. The van der Waals surface area contributed by atoms with Gasteiger partial charge < -0.3 is 14.0 Å². The van der Waals surface area contributed by atoms with E-state index in [1.54, 1.807) is 32.9 Å². The highest BCUT2D eigenvalue weighted by Crippen LogP contribution is 2.40. The Morgan fingerprint density at radius 3 is 2.39 bits per heavy atom. The number of amides is 1. The first-order valence-corrected chi connectivity index (χ1v) is 10.9. The number of carbonyl (C=O) groups excluding carboxylic acids is 1.